The normalized spacial score (nSPS) is 28.3. The summed E-state index contributed by atoms with van der Waals surface area (Å²) in [5, 5.41) is 0.333. The molecule has 0 bridgehead atoms. The van der Waals surface area contributed by atoms with Crippen molar-refractivity contribution in [3.63, 3.8) is 0 Å². The zero-order valence-electron chi connectivity index (χ0n) is 11.2. The first-order chi connectivity index (χ1) is 10.7. The van der Waals surface area contributed by atoms with Crippen LogP contribution >= 0.6 is 94.1 Å². The lowest BCUT2D eigenvalue weighted by atomic mass is 10.3. The summed E-state index contributed by atoms with van der Waals surface area (Å²) in [7, 11) is 0. The first-order valence-electron chi connectivity index (χ1n) is 6.46. The Morgan fingerprint density at radius 3 is 2.00 bits per heavy atom. The first kappa shape index (κ1) is 16.9. The van der Waals surface area contributed by atoms with Gasteiger partial charge in [0, 0.05) is 28.9 Å². The zero-order chi connectivity index (χ0) is 15.1. The molecule has 1 amide bonds. The van der Waals surface area contributed by atoms with Gasteiger partial charge in [0.25, 0.3) is 0 Å². The van der Waals surface area contributed by atoms with E-state index in [-0.39, 0.29) is 5.91 Å². The number of rotatable bonds is 2. The maximum absolute atomic E-state index is 11.1. The van der Waals surface area contributed by atoms with Gasteiger partial charge in [-0.3, -0.25) is 4.79 Å². The molecule has 4 aliphatic rings. The second kappa shape index (κ2) is 7.39. The second-order valence-electron chi connectivity index (χ2n) is 4.55. The lowest BCUT2D eigenvalue weighted by molar-refractivity contribution is -0.117. The van der Waals surface area contributed by atoms with Crippen LogP contribution in [0.25, 0.3) is 0 Å². The van der Waals surface area contributed by atoms with Gasteiger partial charge in [0.1, 0.15) is 0 Å². The third-order valence-electron chi connectivity index (χ3n) is 2.89. The third-order valence-corrected chi connectivity index (χ3v) is 15.2. The maximum atomic E-state index is 11.1. The molecule has 1 atom stereocenters. The summed E-state index contributed by atoms with van der Waals surface area (Å²) in [5.74, 6) is 3.26. The minimum Gasteiger partial charge on any atom is -0.370 e. The number of hydrogen-bond donors (Lipinski definition) is 1. The molecular weight excluding hydrogens is 431 g/mol. The predicted octanol–water partition coefficient (Wildman–Crippen LogP) is 5.53. The summed E-state index contributed by atoms with van der Waals surface area (Å²) in [6.07, 6.45) is 0.484. The van der Waals surface area contributed by atoms with Crippen LogP contribution in [0.3, 0.4) is 0 Å². The standard InChI is InChI=1S/C12H11NOS8/c13-6(14)3-5-4-17-9-10(18-5)22-12(21-9)11-19-7-8(20-11)16-2-1-15-7/h5H,1-4H2,(H2,13,14). The van der Waals surface area contributed by atoms with Gasteiger partial charge in [0.2, 0.25) is 5.91 Å². The van der Waals surface area contributed by atoms with Crippen LogP contribution in [-0.2, 0) is 4.79 Å². The maximum Gasteiger partial charge on any atom is 0.218 e. The fourth-order valence-corrected chi connectivity index (χ4v) is 14.6. The van der Waals surface area contributed by atoms with Gasteiger partial charge in [0.15, 0.2) is 0 Å². The van der Waals surface area contributed by atoms with Crippen LogP contribution in [0, 0.1) is 0 Å². The van der Waals surface area contributed by atoms with Crippen LogP contribution in [0.1, 0.15) is 6.42 Å². The van der Waals surface area contributed by atoms with E-state index >= 15 is 0 Å². The van der Waals surface area contributed by atoms with Crippen molar-refractivity contribution in [3.05, 3.63) is 25.4 Å². The number of thioether (sulfide) groups is 8. The van der Waals surface area contributed by atoms with Crippen LogP contribution in [0.15, 0.2) is 25.4 Å². The molecule has 0 aromatic carbocycles. The highest BCUT2D eigenvalue weighted by atomic mass is 32.3. The molecule has 2 nitrogen and oxygen atoms in total. The molecule has 0 radical (unpaired) electrons. The summed E-state index contributed by atoms with van der Waals surface area (Å²) >= 11 is 15.5. The van der Waals surface area contributed by atoms with E-state index < -0.39 is 0 Å². The average Bonchev–Trinajstić information content (AvgIpc) is 3.09. The van der Waals surface area contributed by atoms with Crippen LogP contribution in [0.4, 0.5) is 0 Å². The van der Waals surface area contributed by atoms with Gasteiger partial charge in [-0.2, -0.15) is 0 Å². The molecule has 1 unspecified atom stereocenters. The Kier molecular flexibility index (Phi) is 5.69. The first-order valence-corrected chi connectivity index (χ1v) is 13.6. The van der Waals surface area contributed by atoms with Crippen molar-refractivity contribution in [2.24, 2.45) is 5.73 Å². The van der Waals surface area contributed by atoms with Gasteiger partial charge in [-0.1, -0.05) is 47.0 Å². The molecule has 10 heteroatoms. The molecule has 0 aromatic rings. The Bertz CT molecular complexity index is 605. The Labute approximate surface area is 163 Å². The predicted molar refractivity (Wildman–Crippen MR) is 114 cm³/mol. The van der Waals surface area contributed by atoms with E-state index in [0.29, 0.717) is 11.7 Å². The molecule has 4 aliphatic heterocycles. The fourth-order valence-electron chi connectivity index (χ4n) is 2.00. The van der Waals surface area contributed by atoms with Gasteiger partial charge in [0.05, 0.1) is 25.4 Å². The van der Waals surface area contributed by atoms with Gasteiger partial charge in [-0.25, -0.2) is 0 Å². The smallest absolute Gasteiger partial charge is 0.218 e. The highest BCUT2D eigenvalue weighted by molar-refractivity contribution is 8.45. The van der Waals surface area contributed by atoms with E-state index in [9.17, 15) is 4.79 Å². The Hall–Kier alpha value is 1.49. The lowest BCUT2D eigenvalue weighted by Gasteiger charge is -2.19. The van der Waals surface area contributed by atoms with E-state index in [1.807, 2.05) is 94.1 Å². The number of carbonyl (C=O) groups is 1. The molecule has 0 saturated carbocycles. The van der Waals surface area contributed by atoms with Crippen molar-refractivity contribution in [2.75, 3.05) is 17.3 Å². The highest BCUT2D eigenvalue weighted by Gasteiger charge is 2.35. The van der Waals surface area contributed by atoms with Crippen LogP contribution < -0.4 is 5.73 Å². The van der Waals surface area contributed by atoms with Crippen LogP contribution in [-0.4, -0.2) is 28.4 Å². The monoisotopic (exact) mass is 441 g/mol. The molecule has 4 rings (SSSR count). The molecular formula is C12H11NOS8. The molecule has 0 spiro atoms. The van der Waals surface area contributed by atoms with Crippen molar-refractivity contribution >= 4 is 100 Å². The summed E-state index contributed by atoms with van der Waals surface area (Å²) in [6, 6.07) is 0. The Morgan fingerprint density at radius 1 is 0.864 bits per heavy atom. The summed E-state index contributed by atoms with van der Waals surface area (Å²) in [6.45, 7) is 0. The van der Waals surface area contributed by atoms with E-state index in [2.05, 4.69) is 0 Å². The van der Waals surface area contributed by atoms with Crippen molar-refractivity contribution in [2.45, 2.75) is 11.7 Å². The van der Waals surface area contributed by atoms with Crippen molar-refractivity contribution in [3.8, 4) is 0 Å². The highest BCUT2D eigenvalue weighted by Crippen LogP contribution is 2.68. The van der Waals surface area contributed by atoms with E-state index in [1.54, 1.807) is 0 Å². The fraction of sp³-hybridized carbons (Fsp3) is 0.417. The van der Waals surface area contributed by atoms with Gasteiger partial charge in [-0.15, -0.1) is 47.0 Å². The molecule has 0 aromatic heterocycles. The summed E-state index contributed by atoms with van der Waals surface area (Å²) < 4.78 is 8.67. The van der Waals surface area contributed by atoms with E-state index in [1.165, 1.54) is 36.9 Å². The van der Waals surface area contributed by atoms with Crippen molar-refractivity contribution in [1.82, 2.24) is 0 Å². The molecule has 0 saturated heterocycles. The minimum absolute atomic E-state index is 0.191. The Balaban J connectivity index is 1.44. The van der Waals surface area contributed by atoms with Gasteiger partial charge >= 0.3 is 0 Å². The largest absolute Gasteiger partial charge is 0.370 e. The second-order valence-corrected chi connectivity index (χ2v) is 14.7. The van der Waals surface area contributed by atoms with E-state index in [4.69, 9.17) is 5.73 Å². The van der Waals surface area contributed by atoms with Crippen LogP contribution in [0.5, 0.6) is 0 Å². The molecule has 4 heterocycles. The van der Waals surface area contributed by atoms with Crippen molar-refractivity contribution < 1.29 is 4.79 Å². The molecule has 2 N–H and O–H groups in total. The van der Waals surface area contributed by atoms with Gasteiger partial charge in [-0.05, 0) is 0 Å². The van der Waals surface area contributed by atoms with Gasteiger partial charge < -0.3 is 5.73 Å². The quantitative estimate of drug-likeness (QED) is 0.595. The van der Waals surface area contributed by atoms with E-state index in [0.717, 1.165) is 5.75 Å². The average molecular weight is 442 g/mol. The summed E-state index contributed by atoms with van der Waals surface area (Å²) in [4.78, 5) is 11.1. The molecule has 22 heavy (non-hydrogen) atoms. The lowest BCUT2D eigenvalue weighted by Crippen LogP contribution is -2.20. The molecule has 0 fully saturated rings. The zero-order valence-corrected chi connectivity index (χ0v) is 17.7. The SMILES string of the molecule is NC(=O)CC1CSC2=C(SC(=C3SC4=C(SCCS4)S3)S2)S1. The molecule has 0 aliphatic carbocycles. The number of amides is 1. The Morgan fingerprint density at radius 2 is 1.41 bits per heavy atom. The van der Waals surface area contributed by atoms with Crippen LogP contribution in [0.2, 0.25) is 0 Å². The summed E-state index contributed by atoms with van der Waals surface area (Å²) in [5.41, 5.74) is 5.34. The molecule has 118 valence electrons. The number of hydrogen-bond acceptors (Lipinski definition) is 9. The number of nitrogens with two attached hydrogens (primary N) is 1. The third kappa shape index (κ3) is 3.68. The topological polar surface area (TPSA) is 43.1 Å². The number of primary amides is 1. The number of carbonyl (C=O) groups excluding carboxylic acids is 1. The van der Waals surface area contributed by atoms with Crippen molar-refractivity contribution in [1.29, 1.82) is 0 Å². The minimum atomic E-state index is -0.191.